The van der Waals surface area contributed by atoms with Gasteiger partial charge >= 0.3 is 0 Å². The van der Waals surface area contributed by atoms with Crippen molar-refractivity contribution in [2.75, 3.05) is 11.9 Å². The zero-order chi connectivity index (χ0) is 30.0. The Hall–Kier alpha value is -4.48. The van der Waals surface area contributed by atoms with Crippen molar-refractivity contribution in [3.63, 3.8) is 0 Å². The van der Waals surface area contributed by atoms with E-state index in [4.69, 9.17) is 16.7 Å². The third kappa shape index (κ3) is 6.07. The van der Waals surface area contributed by atoms with E-state index in [-0.39, 0.29) is 18.1 Å². The van der Waals surface area contributed by atoms with Crippen LogP contribution in [-0.2, 0) is 13.1 Å². The van der Waals surface area contributed by atoms with Gasteiger partial charge in [0.2, 0.25) is 5.78 Å². The minimum absolute atomic E-state index is 0.130. The molecular weight excluding hydrogens is 574 g/mol. The molecule has 10 nitrogen and oxygen atoms in total. The Balaban J connectivity index is 1.71. The Morgan fingerprint density at radius 3 is 2.45 bits per heavy atom. The van der Waals surface area contributed by atoms with Crippen molar-refractivity contribution in [3.05, 3.63) is 98.7 Å². The van der Waals surface area contributed by atoms with Gasteiger partial charge in [0.05, 0.1) is 29.3 Å². The molecule has 0 radical (unpaired) electrons. The van der Waals surface area contributed by atoms with Crippen LogP contribution < -0.4 is 10.5 Å². The van der Waals surface area contributed by atoms with Crippen molar-refractivity contribution in [1.29, 1.82) is 0 Å². The topological polar surface area (TPSA) is 116 Å². The first-order chi connectivity index (χ1) is 20.0. The molecule has 5 rings (SSSR count). The lowest BCUT2D eigenvalue weighted by Gasteiger charge is -2.22. The molecular formula is C30H28ClN7O3S. The zero-order valence-electron chi connectivity index (χ0n) is 23.5. The molecule has 5 aromatic heterocycles. The smallest absolute Gasteiger partial charge is 0.254 e. The summed E-state index contributed by atoms with van der Waals surface area (Å²) in [6.45, 7) is 5.62. The van der Waals surface area contributed by atoms with E-state index < -0.39 is 16.8 Å². The average molecular weight is 602 g/mol. The number of thiophene rings is 1. The summed E-state index contributed by atoms with van der Waals surface area (Å²) in [6, 6.07) is 12.2. The molecule has 0 fully saturated rings. The molecule has 0 aliphatic heterocycles. The van der Waals surface area contributed by atoms with Gasteiger partial charge in [-0.05, 0) is 24.3 Å². The first-order valence-electron chi connectivity index (χ1n) is 13.1. The lowest BCUT2D eigenvalue weighted by atomic mass is 9.96. The monoisotopic (exact) mass is 601 g/mol. The molecule has 214 valence electrons. The summed E-state index contributed by atoms with van der Waals surface area (Å²) >= 11 is 7.62. The third-order valence-corrected chi connectivity index (χ3v) is 7.70. The number of hydrogen-bond donors (Lipinski definition) is 0. The Bertz CT molecular complexity index is 1810. The number of halogens is 1. The fraction of sp³-hybridized carbons (Fsp3) is 0.233. The van der Waals surface area contributed by atoms with Crippen molar-refractivity contribution >= 4 is 40.4 Å². The Kier molecular flexibility index (Phi) is 8.15. The first kappa shape index (κ1) is 29.0. The Morgan fingerprint density at radius 1 is 1.02 bits per heavy atom. The fourth-order valence-electron chi connectivity index (χ4n) is 4.41. The molecule has 0 aliphatic carbocycles. The maximum Gasteiger partial charge on any atom is 0.254 e. The highest BCUT2D eigenvalue weighted by molar-refractivity contribution is 7.16. The van der Waals surface area contributed by atoms with Crippen LogP contribution >= 0.6 is 22.9 Å². The van der Waals surface area contributed by atoms with Gasteiger partial charge in [-0.3, -0.25) is 28.9 Å². The van der Waals surface area contributed by atoms with Gasteiger partial charge in [0.25, 0.3) is 11.5 Å². The molecule has 5 aromatic rings. The number of carbonyl (C=O) groups excluding carboxylic acids is 2. The second-order valence-corrected chi connectivity index (χ2v) is 12.5. The van der Waals surface area contributed by atoms with Crippen LogP contribution in [0.15, 0.2) is 78.2 Å². The van der Waals surface area contributed by atoms with Crippen molar-refractivity contribution in [3.8, 4) is 22.5 Å². The molecule has 0 aliphatic rings. The Morgan fingerprint density at radius 2 is 1.81 bits per heavy atom. The van der Waals surface area contributed by atoms with Crippen LogP contribution in [0.5, 0.6) is 0 Å². The van der Waals surface area contributed by atoms with E-state index in [1.807, 2.05) is 50.9 Å². The van der Waals surface area contributed by atoms with Gasteiger partial charge in [0, 0.05) is 65.4 Å². The van der Waals surface area contributed by atoms with Crippen molar-refractivity contribution in [2.24, 2.45) is 5.41 Å². The van der Waals surface area contributed by atoms with E-state index >= 15 is 0 Å². The standard InChI is InChI=1S/C30H28ClN7O3S/c1-30(2,3)29(41)38-26(36(4)17-20-7-9-25(31)42-20)14-22(35-38)28-21(19-6-5-11-32-15-19)8-10-27(40)37(28)18-24(39)23-16-33-12-13-34-23/h5-16H,17-18H2,1-4H3. The van der Waals surface area contributed by atoms with Crippen molar-refractivity contribution in [1.82, 2.24) is 29.3 Å². The van der Waals surface area contributed by atoms with Crippen molar-refractivity contribution < 1.29 is 9.59 Å². The molecule has 5 heterocycles. The van der Waals surface area contributed by atoms with Crippen LogP contribution in [0.4, 0.5) is 5.82 Å². The largest absolute Gasteiger partial charge is 0.354 e. The lowest BCUT2D eigenvalue weighted by molar-refractivity contribution is 0.0750. The highest BCUT2D eigenvalue weighted by atomic mass is 35.5. The molecule has 0 aromatic carbocycles. The number of nitrogens with zero attached hydrogens (tertiary/aromatic N) is 7. The molecule has 0 bridgehead atoms. The van der Waals surface area contributed by atoms with E-state index in [9.17, 15) is 14.4 Å². The van der Waals surface area contributed by atoms with Crippen LogP contribution in [0.25, 0.3) is 22.5 Å². The van der Waals surface area contributed by atoms with Crippen LogP contribution in [0, 0.1) is 5.41 Å². The molecule has 0 saturated heterocycles. The van der Waals surface area contributed by atoms with E-state index in [0.29, 0.717) is 39.2 Å². The fourth-order valence-corrected chi connectivity index (χ4v) is 5.55. The summed E-state index contributed by atoms with van der Waals surface area (Å²) < 4.78 is 3.39. The summed E-state index contributed by atoms with van der Waals surface area (Å²) in [5, 5.41) is 4.77. The van der Waals surface area contributed by atoms with E-state index in [1.165, 1.54) is 45.2 Å². The second-order valence-electron chi connectivity index (χ2n) is 10.7. The van der Waals surface area contributed by atoms with Gasteiger partial charge in [-0.2, -0.15) is 9.78 Å². The van der Waals surface area contributed by atoms with E-state index in [2.05, 4.69) is 15.0 Å². The molecule has 0 saturated carbocycles. The average Bonchev–Trinajstić information content (AvgIpc) is 3.60. The summed E-state index contributed by atoms with van der Waals surface area (Å²) in [7, 11) is 1.86. The van der Waals surface area contributed by atoms with Crippen LogP contribution in [0.3, 0.4) is 0 Å². The lowest BCUT2D eigenvalue weighted by Crippen LogP contribution is -2.31. The number of pyridine rings is 2. The number of hydrogen-bond acceptors (Lipinski definition) is 9. The molecule has 0 atom stereocenters. The molecule has 0 spiro atoms. The molecule has 0 N–H and O–H groups in total. The van der Waals surface area contributed by atoms with Crippen LogP contribution in [0.1, 0.15) is 40.9 Å². The highest BCUT2D eigenvalue weighted by Gasteiger charge is 2.30. The molecule has 0 amide bonds. The number of Topliss-reactive ketones (excluding diaryl/α,β-unsaturated/α-hetero) is 1. The number of anilines is 1. The normalized spacial score (nSPS) is 11.5. The summed E-state index contributed by atoms with van der Waals surface area (Å²) in [5.74, 6) is -0.107. The summed E-state index contributed by atoms with van der Waals surface area (Å²) in [6.07, 6.45) is 7.57. The minimum atomic E-state index is -0.754. The van der Waals surface area contributed by atoms with E-state index in [0.717, 1.165) is 4.88 Å². The van der Waals surface area contributed by atoms with Gasteiger partial charge in [-0.15, -0.1) is 11.3 Å². The zero-order valence-corrected chi connectivity index (χ0v) is 25.1. The van der Waals surface area contributed by atoms with Gasteiger partial charge in [0.15, 0.2) is 0 Å². The predicted octanol–water partition coefficient (Wildman–Crippen LogP) is 5.48. The second kappa shape index (κ2) is 11.8. The van der Waals surface area contributed by atoms with E-state index in [1.54, 1.807) is 30.6 Å². The first-order valence-corrected chi connectivity index (χ1v) is 14.3. The predicted molar refractivity (Wildman–Crippen MR) is 163 cm³/mol. The van der Waals surface area contributed by atoms with Gasteiger partial charge in [0.1, 0.15) is 17.2 Å². The molecule has 0 unspecified atom stereocenters. The maximum atomic E-state index is 13.7. The number of aromatic nitrogens is 6. The van der Waals surface area contributed by atoms with Crippen molar-refractivity contribution in [2.45, 2.75) is 33.9 Å². The molecule has 42 heavy (non-hydrogen) atoms. The quantitative estimate of drug-likeness (QED) is 0.215. The van der Waals surface area contributed by atoms with Crippen LogP contribution in [0.2, 0.25) is 4.34 Å². The third-order valence-electron chi connectivity index (χ3n) is 6.49. The summed E-state index contributed by atoms with van der Waals surface area (Å²) in [5.41, 5.74) is 1.04. The van der Waals surface area contributed by atoms with Gasteiger partial charge < -0.3 is 4.90 Å². The highest BCUT2D eigenvalue weighted by Crippen LogP contribution is 2.34. The number of ketones is 1. The number of rotatable bonds is 8. The number of carbonyl (C=O) groups is 2. The van der Waals surface area contributed by atoms with Gasteiger partial charge in [-0.1, -0.05) is 38.4 Å². The summed E-state index contributed by atoms with van der Waals surface area (Å²) in [4.78, 5) is 55.5. The minimum Gasteiger partial charge on any atom is -0.354 e. The molecule has 12 heteroatoms. The Labute approximate surface area is 251 Å². The van der Waals surface area contributed by atoms with Crippen LogP contribution in [-0.4, -0.2) is 48.0 Å². The maximum absolute atomic E-state index is 13.7. The van der Waals surface area contributed by atoms with Gasteiger partial charge in [-0.25, -0.2) is 4.98 Å². The SMILES string of the molecule is CN(Cc1ccc(Cl)s1)c1cc(-c2c(-c3cccnc3)ccc(=O)n2CC(=O)c2cnccn2)nn1C(=O)C(C)(C)C.